The third-order valence-corrected chi connectivity index (χ3v) is 8.41. The minimum absolute atomic E-state index is 0.134. The summed E-state index contributed by atoms with van der Waals surface area (Å²) in [7, 11) is 1.55. The third-order valence-electron chi connectivity index (χ3n) is 7.13. The predicted octanol–water partition coefficient (Wildman–Crippen LogP) is 3.43. The zero-order valence-electron chi connectivity index (χ0n) is 21.7. The van der Waals surface area contributed by atoms with Crippen molar-refractivity contribution in [1.29, 1.82) is 0 Å². The van der Waals surface area contributed by atoms with E-state index in [9.17, 15) is 14.4 Å². The molecule has 202 valence electrons. The summed E-state index contributed by atoms with van der Waals surface area (Å²) in [6.45, 7) is 0.294. The van der Waals surface area contributed by atoms with Crippen LogP contribution in [0.3, 0.4) is 0 Å². The second-order valence-electron chi connectivity index (χ2n) is 9.51. The average Bonchev–Trinajstić information content (AvgIpc) is 2.99. The van der Waals surface area contributed by atoms with Gasteiger partial charge in [-0.05, 0) is 29.5 Å². The first-order valence-electron chi connectivity index (χ1n) is 12.6. The number of amides is 2. The zero-order valence-corrected chi connectivity index (χ0v) is 22.5. The van der Waals surface area contributed by atoms with Gasteiger partial charge in [-0.2, -0.15) is 11.8 Å². The van der Waals surface area contributed by atoms with Crippen molar-refractivity contribution < 1.29 is 28.6 Å². The fraction of sp³-hybridized carbons (Fsp3) is 0.300. The van der Waals surface area contributed by atoms with Crippen molar-refractivity contribution in [2.75, 3.05) is 26.6 Å². The summed E-state index contributed by atoms with van der Waals surface area (Å²) in [4.78, 5) is 41.7. The lowest BCUT2D eigenvalue weighted by atomic mass is 9.89. The zero-order chi connectivity index (χ0) is 27.4. The highest BCUT2D eigenvalue weighted by atomic mass is 32.2. The van der Waals surface area contributed by atoms with Crippen molar-refractivity contribution in [2.24, 2.45) is 0 Å². The molecule has 1 N–H and O–H groups in total. The Hall–Kier alpha value is -3.66. The molecule has 0 saturated carbocycles. The molecule has 5 rings (SSSR count). The minimum Gasteiger partial charge on any atom is -0.451 e. The number of thioether (sulfide) groups is 1. The summed E-state index contributed by atoms with van der Waals surface area (Å²) in [5.74, 6) is -1.35. The van der Waals surface area contributed by atoms with Crippen molar-refractivity contribution in [3.05, 3.63) is 108 Å². The molecular formula is C30H30N2O6S. The Morgan fingerprint density at radius 3 is 2.10 bits per heavy atom. The molecule has 4 atom stereocenters. The first kappa shape index (κ1) is 26.9. The Bertz CT molecular complexity index is 1270. The van der Waals surface area contributed by atoms with Crippen LogP contribution >= 0.6 is 11.8 Å². The van der Waals surface area contributed by atoms with E-state index in [0.717, 1.165) is 11.1 Å². The molecule has 0 aromatic heterocycles. The van der Waals surface area contributed by atoms with E-state index in [2.05, 4.69) is 5.32 Å². The maximum absolute atomic E-state index is 14.1. The molecule has 9 heteroatoms. The highest BCUT2D eigenvalue weighted by Gasteiger charge is 2.64. The van der Waals surface area contributed by atoms with Crippen molar-refractivity contribution >= 4 is 29.5 Å². The molecule has 2 aliphatic heterocycles. The van der Waals surface area contributed by atoms with Gasteiger partial charge in [0.15, 0.2) is 24.4 Å². The number of hydrogen-bond acceptors (Lipinski definition) is 7. The number of nitrogens with zero attached hydrogens (tertiary/aromatic N) is 1. The maximum atomic E-state index is 14.1. The van der Waals surface area contributed by atoms with Crippen molar-refractivity contribution in [1.82, 2.24) is 10.2 Å². The molecule has 3 aromatic rings. The topological polar surface area (TPSA) is 94.2 Å². The van der Waals surface area contributed by atoms with Crippen LogP contribution in [-0.4, -0.2) is 72.3 Å². The second kappa shape index (κ2) is 11.6. The van der Waals surface area contributed by atoms with Gasteiger partial charge in [0.2, 0.25) is 0 Å². The van der Waals surface area contributed by atoms with E-state index >= 15 is 0 Å². The molecule has 8 nitrogen and oxygen atoms in total. The molecule has 2 fully saturated rings. The van der Waals surface area contributed by atoms with Crippen LogP contribution in [0.15, 0.2) is 91.0 Å². The normalized spacial score (nSPS) is 24.0. The average molecular weight is 547 g/mol. The Morgan fingerprint density at radius 2 is 1.56 bits per heavy atom. The Kier molecular flexibility index (Phi) is 8.02. The number of β-lactam (4-membered cyclic amide) rings is 1. The van der Waals surface area contributed by atoms with Gasteiger partial charge in [-0.25, -0.2) is 4.79 Å². The lowest BCUT2D eigenvalue weighted by Gasteiger charge is -2.57. The number of ether oxygens (including phenoxy) is 3. The number of rotatable bonds is 9. The van der Waals surface area contributed by atoms with Gasteiger partial charge < -0.3 is 19.5 Å². The number of carbonyl (C=O) groups is 3. The minimum atomic E-state index is -0.987. The van der Waals surface area contributed by atoms with Crippen molar-refractivity contribution in [2.45, 2.75) is 29.2 Å². The fourth-order valence-corrected chi connectivity index (χ4v) is 5.99. The molecule has 2 heterocycles. The molecule has 2 aliphatic rings. The molecule has 39 heavy (non-hydrogen) atoms. The van der Waals surface area contributed by atoms with E-state index in [1.165, 1.54) is 16.7 Å². The Labute approximate surface area is 231 Å². The lowest BCUT2D eigenvalue weighted by molar-refractivity contribution is -0.223. The number of benzene rings is 3. The predicted molar refractivity (Wildman–Crippen MR) is 147 cm³/mol. The first-order valence-corrected chi connectivity index (χ1v) is 13.9. The summed E-state index contributed by atoms with van der Waals surface area (Å²) < 4.78 is 16.9. The van der Waals surface area contributed by atoms with E-state index in [-0.39, 0.29) is 19.1 Å². The lowest BCUT2D eigenvalue weighted by Crippen LogP contribution is -2.81. The molecule has 0 radical (unpaired) electrons. The molecule has 3 aromatic carbocycles. The monoisotopic (exact) mass is 546 g/mol. The summed E-state index contributed by atoms with van der Waals surface area (Å²) in [6, 6.07) is 25.7. The molecule has 0 unspecified atom stereocenters. The number of carbonyl (C=O) groups excluding carboxylic acids is 3. The van der Waals surface area contributed by atoms with Crippen LogP contribution in [0.2, 0.25) is 0 Å². The quantitative estimate of drug-likeness (QED) is 0.325. The van der Waals surface area contributed by atoms with Gasteiger partial charge in [-0.3, -0.25) is 14.5 Å². The first-order chi connectivity index (χ1) is 19.0. The Morgan fingerprint density at radius 1 is 1.00 bits per heavy atom. The van der Waals surface area contributed by atoms with Crippen LogP contribution in [-0.2, 0) is 23.8 Å². The molecule has 2 amide bonds. The number of nitrogens with one attached hydrogen (secondary N) is 1. The second-order valence-corrected chi connectivity index (χ2v) is 10.7. The van der Waals surface area contributed by atoms with Gasteiger partial charge in [0.1, 0.15) is 0 Å². The summed E-state index contributed by atoms with van der Waals surface area (Å²) in [5, 5.41) is 2.77. The van der Waals surface area contributed by atoms with Gasteiger partial charge in [0, 0.05) is 12.7 Å². The SMILES string of the molecule is COC[C@@]1(SC)CO[C@@H]2[C@@H](NC(=O)c3ccccc3)C(=O)N2[C@H]1C(=O)OC(c1ccccc1)c1ccccc1. The number of methoxy groups -OCH3 is 1. The maximum Gasteiger partial charge on any atom is 0.331 e. The van der Waals surface area contributed by atoms with E-state index in [1.807, 2.05) is 73.0 Å². The van der Waals surface area contributed by atoms with Gasteiger partial charge in [-0.15, -0.1) is 0 Å². The molecule has 2 saturated heterocycles. The van der Waals surface area contributed by atoms with E-state index < -0.39 is 41.0 Å². The summed E-state index contributed by atoms with van der Waals surface area (Å²) >= 11 is 1.39. The third kappa shape index (κ3) is 5.17. The van der Waals surface area contributed by atoms with Crippen LogP contribution in [0.1, 0.15) is 27.6 Å². The molecule has 0 bridgehead atoms. The highest BCUT2D eigenvalue weighted by Crippen LogP contribution is 2.43. The summed E-state index contributed by atoms with van der Waals surface area (Å²) in [5.41, 5.74) is 2.05. The van der Waals surface area contributed by atoms with Crippen molar-refractivity contribution in [3.8, 4) is 0 Å². The summed E-state index contributed by atoms with van der Waals surface area (Å²) in [6.07, 6.45) is 0.383. The van der Waals surface area contributed by atoms with Crippen LogP contribution in [0, 0.1) is 0 Å². The standard InChI is InChI=1S/C30H30N2O6S/c1-36-18-30(39-2)19-37-28-23(31-26(33)22-16-10-5-11-17-22)27(34)32(28)25(30)29(35)38-24(20-12-6-3-7-13-20)21-14-8-4-9-15-21/h3-17,23-25,28H,18-19H2,1-2H3,(H,31,33)/t23-,25-,28+,30+/m0/s1. The van der Waals surface area contributed by atoms with Gasteiger partial charge >= 0.3 is 5.97 Å². The van der Waals surface area contributed by atoms with E-state index in [0.29, 0.717) is 5.56 Å². The van der Waals surface area contributed by atoms with Gasteiger partial charge in [0.05, 0.1) is 18.0 Å². The highest BCUT2D eigenvalue weighted by molar-refractivity contribution is 8.00. The smallest absolute Gasteiger partial charge is 0.331 e. The molecular weight excluding hydrogens is 516 g/mol. The van der Waals surface area contributed by atoms with Crippen molar-refractivity contribution in [3.63, 3.8) is 0 Å². The van der Waals surface area contributed by atoms with Crippen LogP contribution < -0.4 is 5.32 Å². The number of fused-ring (bicyclic) bond motifs is 1. The van der Waals surface area contributed by atoms with Crippen LogP contribution in [0.4, 0.5) is 0 Å². The van der Waals surface area contributed by atoms with E-state index in [1.54, 1.807) is 31.4 Å². The fourth-order valence-electron chi connectivity index (χ4n) is 5.13. The van der Waals surface area contributed by atoms with Gasteiger partial charge in [0.25, 0.3) is 11.8 Å². The van der Waals surface area contributed by atoms with Gasteiger partial charge in [-0.1, -0.05) is 78.9 Å². The molecule has 0 spiro atoms. The van der Waals surface area contributed by atoms with Crippen LogP contribution in [0.5, 0.6) is 0 Å². The Balaban J connectivity index is 1.43. The van der Waals surface area contributed by atoms with Crippen LogP contribution in [0.25, 0.3) is 0 Å². The van der Waals surface area contributed by atoms with E-state index in [4.69, 9.17) is 14.2 Å². The molecule has 0 aliphatic carbocycles. The largest absolute Gasteiger partial charge is 0.451 e. The number of esters is 1. The number of hydrogen-bond donors (Lipinski definition) is 1.